The molecule has 0 aliphatic carbocycles. The fraction of sp³-hybridized carbons (Fsp3) is 0.250. The molecule has 2 amide bonds. The third-order valence-electron chi connectivity index (χ3n) is 3.88. The summed E-state index contributed by atoms with van der Waals surface area (Å²) in [5.74, 6) is 1.20. The molecule has 0 aromatic heterocycles. The molecule has 0 fully saturated rings. The molecule has 2 aromatic carbocycles. The number of carbonyl (C=O) groups excluding carboxylic acids is 2. The molecule has 0 heterocycles. The van der Waals surface area contributed by atoms with Crippen molar-refractivity contribution in [2.24, 2.45) is 5.10 Å². The van der Waals surface area contributed by atoms with Gasteiger partial charge in [-0.25, -0.2) is 5.43 Å². The molecule has 9 nitrogen and oxygen atoms in total. The highest BCUT2D eigenvalue weighted by Gasteiger charge is 2.12. The van der Waals surface area contributed by atoms with E-state index in [9.17, 15) is 9.59 Å². The van der Waals surface area contributed by atoms with Gasteiger partial charge in [-0.3, -0.25) is 9.59 Å². The predicted octanol–water partition coefficient (Wildman–Crippen LogP) is 1.60. The van der Waals surface area contributed by atoms with E-state index in [1.54, 1.807) is 37.4 Å². The molecular formula is C20H23N3O6. The summed E-state index contributed by atoms with van der Waals surface area (Å²) in [4.78, 5) is 24.1. The maximum absolute atomic E-state index is 12.2. The topological polar surface area (TPSA) is 107 Å². The minimum atomic E-state index is -0.489. The van der Waals surface area contributed by atoms with Crippen molar-refractivity contribution in [1.82, 2.24) is 10.7 Å². The number of nitrogens with zero attached hydrogens (tertiary/aromatic N) is 1. The van der Waals surface area contributed by atoms with Gasteiger partial charge in [0.2, 0.25) is 0 Å². The van der Waals surface area contributed by atoms with Crippen molar-refractivity contribution in [3.63, 3.8) is 0 Å². The summed E-state index contributed by atoms with van der Waals surface area (Å²) in [6.45, 7) is -0.250. The first-order chi connectivity index (χ1) is 14.0. The van der Waals surface area contributed by atoms with Crippen molar-refractivity contribution in [3.05, 3.63) is 47.5 Å². The summed E-state index contributed by atoms with van der Waals surface area (Å²) >= 11 is 0. The summed E-state index contributed by atoms with van der Waals surface area (Å²) in [6.07, 6.45) is 1.43. The van der Waals surface area contributed by atoms with Crippen LogP contribution in [0.4, 0.5) is 0 Å². The molecule has 0 aliphatic heterocycles. The molecule has 2 rings (SSSR count). The van der Waals surface area contributed by atoms with E-state index >= 15 is 0 Å². The highest BCUT2D eigenvalue weighted by molar-refractivity contribution is 5.97. The van der Waals surface area contributed by atoms with Crippen LogP contribution in [0.25, 0.3) is 0 Å². The Kier molecular flexibility index (Phi) is 7.84. The Morgan fingerprint density at radius 3 is 2.24 bits per heavy atom. The van der Waals surface area contributed by atoms with Crippen LogP contribution in [0.5, 0.6) is 23.0 Å². The average Bonchev–Trinajstić information content (AvgIpc) is 2.76. The minimum Gasteiger partial charge on any atom is -0.497 e. The van der Waals surface area contributed by atoms with Gasteiger partial charge in [0.05, 0.1) is 41.2 Å². The van der Waals surface area contributed by atoms with Crippen molar-refractivity contribution in [2.75, 3.05) is 35.0 Å². The summed E-state index contributed by atoms with van der Waals surface area (Å²) in [5.41, 5.74) is 3.30. The van der Waals surface area contributed by atoms with Gasteiger partial charge in [-0.2, -0.15) is 5.10 Å². The van der Waals surface area contributed by atoms with Crippen LogP contribution in [0.2, 0.25) is 0 Å². The Hall–Kier alpha value is -3.75. The van der Waals surface area contributed by atoms with E-state index in [1.807, 2.05) is 0 Å². The molecule has 0 radical (unpaired) electrons. The number of carbonyl (C=O) groups is 2. The standard InChI is InChI=1S/C20H23N3O6/c1-26-15-6-8-16(27-2)14(9-15)11-22-23-19(24)12-21-20(25)13-5-7-17(28-3)18(10-13)29-4/h5-11H,12H2,1-4H3,(H,21,25)(H,23,24). The van der Waals surface area contributed by atoms with Crippen LogP contribution in [0, 0.1) is 0 Å². The fourth-order valence-corrected chi connectivity index (χ4v) is 2.39. The second kappa shape index (κ2) is 10.5. The molecule has 0 saturated carbocycles. The zero-order valence-electron chi connectivity index (χ0n) is 16.6. The highest BCUT2D eigenvalue weighted by atomic mass is 16.5. The van der Waals surface area contributed by atoms with Gasteiger partial charge in [-0.15, -0.1) is 0 Å². The molecule has 0 atom stereocenters. The van der Waals surface area contributed by atoms with E-state index in [4.69, 9.17) is 18.9 Å². The number of ether oxygens (including phenoxy) is 4. The van der Waals surface area contributed by atoms with Crippen molar-refractivity contribution in [1.29, 1.82) is 0 Å². The van der Waals surface area contributed by atoms with E-state index in [0.717, 1.165) is 0 Å². The van der Waals surface area contributed by atoms with E-state index in [1.165, 1.54) is 33.6 Å². The lowest BCUT2D eigenvalue weighted by Gasteiger charge is -2.09. The second-order valence-corrected chi connectivity index (χ2v) is 5.65. The van der Waals surface area contributed by atoms with Gasteiger partial charge >= 0.3 is 0 Å². The van der Waals surface area contributed by atoms with Gasteiger partial charge in [0.1, 0.15) is 11.5 Å². The Labute approximate surface area is 168 Å². The molecular weight excluding hydrogens is 378 g/mol. The minimum absolute atomic E-state index is 0.250. The summed E-state index contributed by atoms with van der Waals surface area (Å²) in [5, 5.41) is 6.39. The van der Waals surface area contributed by atoms with E-state index < -0.39 is 11.8 Å². The molecule has 0 spiro atoms. The van der Waals surface area contributed by atoms with E-state index in [2.05, 4.69) is 15.8 Å². The van der Waals surface area contributed by atoms with Crippen LogP contribution in [0.15, 0.2) is 41.5 Å². The Balaban J connectivity index is 1.92. The van der Waals surface area contributed by atoms with Crippen LogP contribution in [0.1, 0.15) is 15.9 Å². The molecule has 0 aliphatic rings. The zero-order chi connectivity index (χ0) is 21.2. The molecule has 2 aromatic rings. The molecule has 0 unspecified atom stereocenters. The lowest BCUT2D eigenvalue weighted by atomic mass is 10.2. The number of rotatable bonds is 9. The fourth-order valence-electron chi connectivity index (χ4n) is 2.39. The lowest BCUT2D eigenvalue weighted by Crippen LogP contribution is -2.34. The number of amides is 2. The van der Waals surface area contributed by atoms with Gasteiger partial charge in [0.25, 0.3) is 11.8 Å². The third-order valence-corrected chi connectivity index (χ3v) is 3.88. The summed E-state index contributed by atoms with van der Waals surface area (Å²) in [7, 11) is 6.05. The van der Waals surface area contributed by atoms with Crippen LogP contribution in [0.3, 0.4) is 0 Å². The zero-order valence-corrected chi connectivity index (χ0v) is 16.6. The predicted molar refractivity (Wildman–Crippen MR) is 107 cm³/mol. The smallest absolute Gasteiger partial charge is 0.259 e. The molecule has 2 N–H and O–H groups in total. The number of hydrogen-bond donors (Lipinski definition) is 2. The molecule has 29 heavy (non-hydrogen) atoms. The van der Waals surface area contributed by atoms with E-state index in [-0.39, 0.29) is 6.54 Å². The first-order valence-electron chi connectivity index (χ1n) is 8.56. The lowest BCUT2D eigenvalue weighted by molar-refractivity contribution is -0.120. The van der Waals surface area contributed by atoms with Gasteiger partial charge < -0.3 is 24.3 Å². The van der Waals surface area contributed by atoms with Gasteiger partial charge in [-0.05, 0) is 36.4 Å². The first-order valence-corrected chi connectivity index (χ1v) is 8.56. The summed E-state index contributed by atoms with van der Waals surface area (Å²) < 4.78 is 20.7. The second-order valence-electron chi connectivity index (χ2n) is 5.65. The average molecular weight is 401 g/mol. The van der Waals surface area contributed by atoms with Crippen LogP contribution < -0.4 is 29.7 Å². The number of benzene rings is 2. The molecule has 154 valence electrons. The molecule has 0 saturated heterocycles. The maximum atomic E-state index is 12.2. The normalized spacial score (nSPS) is 10.3. The quantitative estimate of drug-likeness (QED) is 0.488. The first kappa shape index (κ1) is 21.5. The molecule has 9 heteroatoms. The maximum Gasteiger partial charge on any atom is 0.259 e. The Morgan fingerprint density at radius 2 is 1.59 bits per heavy atom. The monoisotopic (exact) mass is 401 g/mol. The number of hydrazone groups is 1. The van der Waals surface area contributed by atoms with Crippen molar-refractivity contribution < 1.29 is 28.5 Å². The van der Waals surface area contributed by atoms with Crippen LogP contribution >= 0.6 is 0 Å². The van der Waals surface area contributed by atoms with Crippen LogP contribution in [-0.2, 0) is 4.79 Å². The number of hydrogen-bond acceptors (Lipinski definition) is 7. The van der Waals surface area contributed by atoms with Crippen molar-refractivity contribution in [3.8, 4) is 23.0 Å². The largest absolute Gasteiger partial charge is 0.497 e. The molecule has 0 bridgehead atoms. The Bertz CT molecular complexity index is 898. The van der Waals surface area contributed by atoms with Gasteiger partial charge in [0, 0.05) is 11.1 Å². The SMILES string of the molecule is COc1ccc(OC)c(C=NNC(=O)CNC(=O)c2ccc(OC)c(OC)c2)c1. The third kappa shape index (κ3) is 5.86. The van der Waals surface area contributed by atoms with Gasteiger partial charge in [-0.1, -0.05) is 0 Å². The van der Waals surface area contributed by atoms with Crippen molar-refractivity contribution in [2.45, 2.75) is 0 Å². The summed E-state index contributed by atoms with van der Waals surface area (Å²) in [6, 6.07) is 9.90. The van der Waals surface area contributed by atoms with Crippen LogP contribution in [-0.4, -0.2) is 53.0 Å². The number of methoxy groups -OCH3 is 4. The Morgan fingerprint density at radius 1 is 0.897 bits per heavy atom. The number of nitrogens with one attached hydrogen (secondary N) is 2. The van der Waals surface area contributed by atoms with Crippen molar-refractivity contribution >= 4 is 18.0 Å². The van der Waals surface area contributed by atoms with Gasteiger partial charge in [0.15, 0.2) is 11.5 Å². The highest BCUT2D eigenvalue weighted by Crippen LogP contribution is 2.27. The van der Waals surface area contributed by atoms with E-state index in [0.29, 0.717) is 34.1 Å².